The van der Waals surface area contributed by atoms with Crippen molar-refractivity contribution in [1.29, 1.82) is 0 Å². The van der Waals surface area contributed by atoms with Crippen molar-refractivity contribution in [3.8, 4) is 0 Å². The van der Waals surface area contributed by atoms with Crippen molar-refractivity contribution in [1.82, 2.24) is 4.31 Å². The van der Waals surface area contributed by atoms with Crippen LogP contribution < -0.4 is 0 Å². The number of aliphatic hydroxyl groups excluding tert-OH is 1. The predicted molar refractivity (Wildman–Crippen MR) is 72.4 cm³/mol. The van der Waals surface area contributed by atoms with E-state index in [0.717, 1.165) is 4.31 Å². The molecule has 2 rings (SSSR count). The molecule has 1 heterocycles. The molecule has 1 aromatic carbocycles. The Labute approximate surface area is 125 Å². The highest BCUT2D eigenvalue weighted by Crippen LogP contribution is 2.34. The number of carboxylic acids is 1. The van der Waals surface area contributed by atoms with Gasteiger partial charge in [-0.05, 0) is 12.1 Å². The molecule has 0 aromatic heterocycles. The first kappa shape index (κ1) is 15.5. The van der Waals surface area contributed by atoms with Crippen LogP contribution in [0.2, 0.25) is 10.0 Å². The fourth-order valence-electron chi connectivity index (χ4n) is 2.08. The summed E-state index contributed by atoms with van der Waals surface area (Å²) in [5.74, 6) is -1.32. The van der Waals surface area contributed by atoms with Gasteiger partial charge in [-0.2, -0.15) is 4.31 Å². The highest BCUT2D eigenvalue weighted by molar-refractivity contribution is 7.89. The molecule has 1 saturated heterocycles. The van der Waals surface area contributed by atoms with Gasteiger partial charge in [0.1, 0.15) is 10.9 Å². The third kappa shape index (κ3) is 2.64. The summed E-state index contributed by atoms with van der Waals surface area (Å²) in [4.78, 5) is 10.8. The number of aliphatic carboxylic acids is 1. The Morgan fingerprint density at radius 3 is 2.60 bits per heavy atom. The summed E-state index contributed by atoms with van der Waals surface area (Å²) in [5.41, 5.74) is 0. The molecule has 1 aliphatic rings. The lowest BCUT2D eigenvalue weighted by Crippen LogP contribution is -2.40. The molecule has 6 nitrogen and oxygen atoms in total. The first-order valence-electron chi connectivity index (χ1n) is 5.62. The molecule has 0 unspecified atom stereocenters. The van der Waals surface area contributed by atoms with Crippen molar-refractivity contribution < 1.29 is 23.4 Å². The number of nitrogens with zero attached hydrogens (tertiary/aromatic N) is 1. The maximum Gasteiger partial charge on any atom is 0.322 e. The Bertz CT molecular complexity index is 648. The molecule has 0 aliphatic carbocycles. The van der Waals surface area contributed by atoms with Gasteiger partial charge in [0, 0.05) is 13.0 Å². The van der Waals surface area contributed by atoms with Crippen LogP contribution in [-0.2, 0) is 14.8 Å². The van der Waals surface area contributed by atoms with Crippen LogP contribution in [0, 0.1) is 0 Å². The smallest absolute Gasteiger partial charge is 0.322 e. The number of halogens is 2. The second-order valence-corrected chi connectivity index (χ2v) is 7.01. The maximum absolute atomic E-state index is 12.5. The van der Waals surface area contributed by atoms with E-state index in [9.17, 15) is 18.3 Å². The van der Waals surface area contributed by atoms with Crippen LogP contribution in [0.25, 0.3) is 0 Å². The third-order valence-electron chi connectivity index (χ3n) is 3.02. The molecule has 0 saturated carbocycles. The van der Waals surface area contributed by atoms with E-state index in [0.29, 0.717) is 0 Å². The lowest BCUT2D eigenvalue weighted by Gasteiger charge is -2.21. The van der Waals surface area contributed by atoms with Crippen LogP contribution in [0.15, 0.2) is 23.1 Å². The Hall–Kier alpha value is -0.860. The van der Waals surface area contributed by atoms with E-state index in [1.165, 1.54) is 18.2 Å². The van der Waals surface area contributed by atoms with Crippen LogP contribution in [0.4, 0.5) is 0 Å². The van der Waals surface area contributed by atoms with Crippen LogP contribution >= 0.6 is 23.2 Å². The maximum atomic E-state index is 12.5. The Balaban J connectivity index is 2.49. The zero-order valence-corrected chi connectivity index (χ0v) is 12.4. The Kier molecular flexibility index (Phi) is 4.27. The van der Waals surface area contributed by atoms with Crippen molar-refractivity contribution in [2.24, 2.45) is 0 Å². The molecule has 110 valence electrons. The fraction of sp³-hybridized carbons (Fsp3) is 0.364. The molecule has 0 spiro atoms. The van der Waals surface area contributed by atoms with E-state index in [1.54, 1.807) is 0 Å². The van der Waals surface area contributed by atoms with Crippen molar-refractivity contribution in [3.63, 3.8) is 0 Å². The predicted octanol–water partition coefficient (Wildman–Crippen LogP) is 1.20. The van der Waals surface area contributed by atoms with Gasteiger partial charge in [-0.15, -0.1) is 0 Å². The summed E-state index contributed by atoms with van der Waals surface area (Å²) in [6.07, 6.45) is -1.18. The van der Waals surface area contributed by atoms with E-state index >= 15 is 0 Å². The number of hydrogen-bond donors (Lipinski definition) is 2. The minimum atomic E-state index is -4.14. The van der Waals surface area contributed by atoms with Gasteiger partial charge >= 0.3 is 5.97 Å². The standard InChI is InChI=1S/C11H11Cl2NO5S/c12-7-2-1-3-9(10(7)13)20(18,19)14-5-6(15)4-8(14)11(16)17/h1-3,6,8,15H,4-5H2,(H,16,17)/t6-,8+/m1/s1. The number of rotatable bonds is 3. The molecule has 2 atom stereocenters. The van der Waals surface area contributed by atoms with Gasteiger partial charge in [0.2, 0.25) is 10.0 Å². The summed E-state index contributed by atoms with van der Waals surface area (Å²) in [6, 6.07) is 2.76. The van der Waals surface area contributed by atoms with Crippen LogP contribution in [0.5, 0.6) is 0 Å². The molecule has 1 aliphatic heterocycles. The van der Waals surface area contributed by atoms with Gasteiger partial charge in [0.15, 0.2) is 0 Å². The van der Waals surface area contributed by atoms with E-state index in [1.807, 2.05) is 0 Å². The normalized spacial score (nSPS) is 23.9. The molecule has 1 aromatic rings. The summed E-state index contributed by atoms with van der Waals surface area (Å²) in [7, 11) is -4.14. The highest BCUT2D eigenvalue weighted by atomic mass is 35.5. The fourth-order valence-corrected chi connectivity index (χ4v) is 4.45. The van der Waals surface area contributed by atoms with Crippen LogP contribution in [0.1, 0.15) is 6.42 Å². The number of benzene rings is 1. The summed E-state index contributed by atoms with van der Waals surface area (Å²) < 4.78 is 25.7. The molecular formula is C11H11Cl2NO5S. The second kappa shape index (κ2) is 5.50. The zero-order chi connectivity index (χ0) is 15.1. The summed E-state index contributed by atoms with van der Waals surface area (Å²) >= 11 is 11.6. The third-order valence-corrected chi connectivity index (χ3v) is 5.87. The van der Waals surface area contributed by atoms with Gasteiger partial charge < -0.3 is 10.2 Å². The van der Waals surface area contributed by atoms with E-state index in [2.05, 4.69) is 0 Å². The average molecular weight is 340 g/mol. The minimum Gasteiger partial charge on any atom is -0.480 e. The molecule has 1 fully saturated rings. The van der Waals surface area contributed by atoms with Gasteiger partial charge in [0.05, 0.1) is 16.1 Å². The van der Waals surface area contributed by atoms with E-state index < -0.39 is 28.1 Å². The topological polar surface area (TPSA) is 94.9 Å². The minimum absolute atomic E-state index is 0.0550. The number of sulfonamides is 1. The quantitative estimate of drug-likeness (QED) is 0.862. The number of carboxylic acid groups (broad SMARTS) is 1. The van der Waals surface area contributed by atoms with E-state index in [4.69, 9.17) is 28.3 Å². The number of carbonyl (C=O) groups is 1. The molecule has 2 N–H and O–H groups in total. The highest BCUT2D eigenvalue weighted by Gasteiger charge is 2.44. The molecule has 0 bridgehead atoms. The molecule has 0 radical (unpaired) electrons. The van der Waals surface area contributed by atoms with E-state index in [-0.39, 0.29) is 27.9 Å². The van der Waals surface area contributed by atoms with Gasteiger partial charge in [-0.3, -0.25) is 4.79 Å². The molecule has 0 amide bonds. The molecule has 20 heavy (non-hydrogen) atoms. The lowest BCUT2D eigenvalue weighted by molar-refractivity contribution is -0.140. The molecule has 9 heteroatoms. The number of β-amino-alcohol motifs (C(OH)–C–C–N with tert-alkyl or cyclic N) is 1. The SMILES string of the molecule is O=C(O)[C@@H]1C[C@@H](O)CN1S(=O)(=O)c1cccc(Cl)c1Cl. The second-order valence-electron chi connectivity index (χ2n) is 4.37. The lowest BCUT2D eigenvalue weighted by atomic mass is 10.2. The first-order valence-corrected chi connectivity index (χ1v) is 7.81. The monoisotopic (exact) mass is 339 g/mol. The van der Waals surface area contributed by atoms with Crippen LogP contribution in [0.3, 0.4) is 0 Å². The summed E-state index contributed by atoms with van der Waals surface area (Å²) in [5, 5.41) is 18.5. The van der Waals surface area contributed by atoms with Crippen LogP contribution in [-0.4, -0.2) is 47.6 Å². The Morgan fingerprint density at radius 2 is 2.00 bits per heavy atom. The zero-order valence-electron chi connectivity index (χ0n) is 10.0. The average Bonchev–Trinajstić information content (AvgIpc) is 2.75. The number of aliphatic hydroxyl groups is 1. The van der Waals surface area contributed by atoms with Gasteiger partial charge in [-0.1, -0.05) is 29.3 Å². The van der Waals surface area contributed by atoms with Crippen molar-refractivity contribution in [2.45, 2.75) is 23.5 Å². The largest absolute Gasteiger partial charge is 0.480 e. The van der Waals surface area contributed by atoms with Crippen molar-refractivity contribution >= 4 is 39.2 Å². The van der Waals surface area contributed by atoms with Gasteiger partial charge in [0.25, 0.3) is 0 Å². The van der Waals surface area contributed by atoms with Crippen molar-refractivity contribution in [2.75, 3.05) is 6.54 Å². The number of hydrogen-bond acceptors (Lipinski definition) is 4. The molecular weight excluding hydrogens is 329 g/mol. The van der Waals surface area contributed by atoms with Gasteiger partial charge in [-0.25, -0.2) is 8.42 Å². The first-order chi connectivity index (χ1) is 9.25. The van der Waals surface area contributed by atoms with Crippen molar-refractivity contribution in [3.05, 3.63) is 28.2 Å². The summed E-state index contributed by atoms with van der Waals surface area (Å²) in [6.45, 7) is -0.290. The Morgan fingerprint density at radius 1 is 1.35 bits per heavy atom.